The van der Waals surface area contributed by atoms with Crippen molar-refractivity contribution in [1.29, 1.82) is 0 Å². The summed E-state index contributed by atoms with van der Waals surface area (Å²) in [5.74, 6) is -0.456. The normalized spacial score (nSPS) is 17.4. The molecule has 11 heterocycles. The van der Waals surface area contributed by atoms with Gasteiger partial charge in [0.15, 0.2) is 26.8 Å². The van der Waals surface area contributed by atoms with Crippen LogP contribution in [0.2, 0.25) is 15.1 Å². The van der Waals surface area contributed by atoms with Gasteiger partial charge in [-0.1, -0.05) is 166 Å². The number of aromatic nitrogens is 12. The molecule has 0 saturated carbocycles. The number of pyridine rings is 4. The number of sulfone groups is 1. The average molecular weight is 1920 g/mol. The Morgan fingerprint density at radius 2 is 0.828 bits per heavy atom. The van der Waals surface area contributed by atoms with Gasteiger partial charge in [0.25, 0.3) is 0 Å². The molecule has 3 fully saturated rings. The zero-order chi connectivity index (χ0) is 97.7. The lowest BCUT2D eigenvalue weighted by atomic mass is 9.95. The summed E-state index contributed by atoms with van der Waals surface area (Å²) in [5.41, 5.74) is 7.75. The van der Waals surface area contributed by atoms with Crippen LogP contribution in [0.4, 0.5) is 26.2 Å². The van der Waals surface area contributed by atoms with Crippen molar-refractivity contribution in [3.05, 3.63) is 251 Å². The highest BCUT2D eigenvalue weighted by molar-refractivity contribution is 7.90. The molecule has 0 radical (unpaired) electrons. The van der Waals surface area contributed by atoms with Crippen molar-refractivity contribution in [1.82, 2.24) is 73.3 Å². The maximum atomic E-state index is 15.4. The number of carbonyl (C=O) groups excluding carboxylic acids is 3. The largest absolute Gasteiger partial charge is 0.355 e. The molecule has 7 unspecified atom stereocenters. The minimum atomic E-state index is -3.55. The van der Waals surface area contributed by atoms with Crippen LogP contribution in [0.5, 0.6) is 0 Å². The maximum Gasteiger partial charge on any atom is 0.355 e. The maximum absolute atomic E-state index is 15.4. The Balaban J connectivity index is 0.000000170. The minimum Gasteiger partial charge on any atom is -0.349 e. The van der Waals surface area contributed by atoms with Crippen LogP contribution in [0.1, 0.15) is 180 Å². The number of amides is 3. The van der Waals surface area contributed by atoms with Gasteiger partial charge in [-0.3, -0.25) is 23.6 Å². The van der Waals surface area contributed by atoms with Crippen molar-refractivity contribution in [2.75, 3.05) is 66.5 Å². The number of aryl methyl sites for hydroxylation is 2. The van der Waals surface area contributed by atoms with Crippen LogP contribution in [-0.2, 0) is 35.0 Å². The van der Waals surface area contributed by atoms with E-state index in [-0.39, 0.29) is 137 Å². The molecule has 4 aromatic carbocycles. The van der Waals surface area contributed by atoms with Crippen molar-refractivity contribution in [3.63, 3.8) is 0 Å². The van der Waals surface area contributed by atoms with E-state index in [9.17, 15) is 41.4 Å². The standard InChI is InChI=1S/C35H42ClN7O2.C33H35ClFN5O4S.C32H34ClFN6O3S/c1-10-28(44)41-16-23(9)42(17-22(41)8)33-26-15-27(36)31(25-14-12-11-13-24(25)19(2)3)39-34(26)43(35(45)40-33)32-29(20(4)5)37-18-38-30(32)21(6)7;1-8-28(41)38-16-21(6)39(17-20(38)5)31-25-15-26(34)29(23-11-9-10-12-27(23)35)36-32(25)40(33(42)37-31)30-19(4)13-22(45(7,43)44)14-24(30)18(2)3;1-8-25(41)38-15-20(6)39(16-19(38)5)30-21-14-22(33)28(26-23(34)10-9-11-24(26)44(7)43)36-31(21)40(32(42)37-30)29-18(4)12-13-35-27(29)17(2)3/h10-15,18-23H,1,16-17H2,2-9H3;8-15,18,20-21H,1,16-17H2,2-7H3;8-14,17,19-20H,1,15-16H2,2-7H3. The van der Waals surface area contributed by atoms with Crippen LogP contribution in [-0.4, -0.2) is 192 Å². The minimum absolute atomic E-state index is 0.00290. The Morgan fingerprint density at radius 3 is 1.24 bits per heavy atom. The first-order chi connectivity index (χ1) is 63.3. The number of benzene rings is 4. The molecule has 702 valence electrons. The molecule has 7 atom stereocenters. The number of fused-ring (bicyclic) bond motifs is 3. The van der Waals surface area contributed by atoms with Crippen molar-refractivity contribution < 1.29 is 35.8 Å². The van der Waals surface area contributed by atoms with E-state index in [4.69, 9.17) is 54.7 Å². The molecular weight excluding hydrogens is 1810 g/mol. The Morgan fingerprint density at radius 1 is 0.448 bits per heavy atom. The third-order valence-electron chi connectivity index (χ3n) is 24.7. The highest BCUT2D eigenvalue weighted by Gasteiger charge is 2.40. The molecule has 0 aliphatic carbocycles. The van der Waals surface area contributed by atoms with Crippen molar-refractivity contribution >= 4 is 124 Å². The van der Waals surface area contributed by atoms with Gasteiger partial charge in [0, 0.05) is 105 Å². The van der Waals surface area contributed by atoms with Crippen molar-refractivity contribution in [2.45, 2.75) is 200 Å². The number of halogens is 5. The number of carbonyl (C=O) groups is 3. The van der Waals surface area contributed by atoms with Crippen LogP contribution in [0, 0.1) is 25.5 Å². The second-order valence-corrected chi connectivity index (χ2v) is 40.7. The molecule has 27 nitrogen and oxygen atoms in total. The average Bonchev–Trinajstić information content (AvgIpc) is 0.736. The predicted molar refractivity (Wildman–Crippen MR) is 530 cm³/mol. The fraction of sp³-hybridized carbons (Fsp3) is 0.370. The number of nitrogens with zero attached hydrogens (tertiary/aromatic N) is 18. The second kappa shape index (κ2) is 40.2. The summed E-state index contributed by atoms with van der Waals surface area (Å²) in [5, 5.41) is 2.28. The predicted octanol–water partition coefficient (Wildman–Crippen LogP) is 18.0. The van der Waals surface area contributed by atoms with E-state index in [1.165, 1.54) is 57.9 Å². The zero-order valence-electron chi connectivity index (χ0n) is 78.8. The lowest BCUT2D eigenvalue weighted by Gasteiger charge is -2.44. The first-order valence-corrected chi connectivity index (χ1v) is 49.0. The van der Waals surface area contributed by atoms with Crippen molar-refractivity contribution in [3.8, 4) is 50.8 Å². The quantitative estimate of drug-likeness (QED) is 0.0679. The molecule has 0 N–H and O–H groups in total. The molecule has 3 saturated heterocycles. The summed E-state index contributed by atoms with van der Waals surface area (Å²) in [4.78, 5) is 135. The van der Waals surface area contributed by atoms with E-state index in [2.05, 4.69) is 69.5 Å². The third-order valence-corrected chi connectivity index (χ3v) is 27.7. The number of anilines is 3. The van der Waals surface area contributed by atoms with E-state index >= 15 is 8.78 Å². The molecule has 0 spiro atoms. The van der Waals surface area contributed by atoms with Crippen LogP contribution in [0.15, 0.2) is 178 Å². The first kappa shape index (κ1) is 99.3. The Kier molecular flexibility index (Phi) is 29.8. The third kappa shape index (κ3) is 19.3. The Hall–Kier alpha value is -12.2. The first-order valence-electron chi connectivity index (χ1n) is 44.5. The number of hydrogen-bond acceptors (Lipinski definition) is 21. The van der Waals surface area contributed by atoms with Gasteiger partial charge in [0.2, 0.25) is 17.7 Å². The molecule has 3 aliphatic heterocycles. The molecule has 34 heteroatoms. The van der Waals surface area contributed by atoms with E-state index in [1.54, 1.807) is 87.2 Å². The number of hydrogen-bond donors (Lipinski definition) is 0. The summed E-state index contributed by atoms with van der Waals surface area (Å²) in [6, 6.07) is 27.4. The van der Waals surface area contributed by atoms with Gasteiger partial charge in [0.05, 0.1) is 109 Å². The van der Waals surface area contributed by atoms with Gasteiger partial charge in [-0.15, -0.1) is 0 Å². The topological polar surface area (TPSA) is 304 Å². The highest BCUT2D eigenvalue weighted by atomic mass is 35.5. The molecule has 3 amide bonds. The lowest BCUT2D eigenvalue weighted by Crippen LogP contribution is -2.58. The van der Waals surface area contributed by atoms with Crippen LogP contribution in [0.25, 0.3) is 83.9 Å². The second-order valence-electron chi connectivity index (χ2n) is 36.1. The zero-order valence-corrected chi connectivity index (χ0v) is 82.7. The SMILES string of the molecule is C=CC(=O)N1CC(C)N(c2nc(=O)n(-c3c(C(C)C)ncnc3C(C)C)c3nc(-c4ccccc4C(C)C)c(Cl)cc23)CC1C.C=CC(=O)N1CC(C)N(c2nc(=O)n(-c3c(C)cc(S(C)(=O)=O)cc3C(C)C)c3nc(-c4ccccc4F)c(Cl)cc23)CC1C.C=CC(=O)N1CC(C)N(c2nc(=O)n(-c3c(C)ccnc3C(C)C)c3nc(-c4c(F)cccc4S(C)=O)c(Cl)cc23)CC1C. The van der Waals surface area contributed by atoms with E-state index in [0.717, 1.165) is 34.3 Å². The van der Waals surface area contributed by atoms with Gasteiger partial charge in [-0.25, -0.2) is 70.2 Å². The molecular formula is C100H111Cl3F2N18O9S2. The Labute approximate surface area is 796 Å². The summed E-state index contributed by atoms with van der Waals surface area (Å²) in [6.45, 7) is 48.9. The summed E-state index contributed by atoms with van der Waals surface area (Å²) < 4.78 is 72.6. The van der Waals surface area contributed by atoms with Gasteiger partial charge >= 0.3 is 17.1 Å². The van der Waals surface area contributed by atoms with Crippen molar-refractivity contribution in [2.24, 2.45) is 0 Å². The monoisotopic (exact) mass is 1910 g/mol. The Bertz CT molecular complexity index is 7040. The van der Waals surface area contributed by atoms with Gasteiger partial charge in [-0.2, -0.15) is 15.0 Å². The van der Waals surface area contributed by atoms with E-state index < -0.39 is 49.3 Å². The van der Waals surface area contributed by atoms with E-state index in [0.29, 0.717) is 123 Å². The molecule has 134 heavy (non-hydrogen) atoms. The molecule has 8 aromatic heterocycles. The molecule has 3 aliphatic rings. The molecule has 15 rings (SSSR count). The van der Waals surface area contributed by atoms with Crippen LogP contribution >= 0.6 is 34.8 Å². The summed E-state index contributed by atoms with van der Waals surface area (Å²) in [6.07, 6.45) is 9.76. The molecule has 12 aromatic rings. The van der Waals surface area contributed by atoms with Gasteiger partial charge in [-0.05, 0) is 186 Å². The van der Waals surface area contributed by atoms with Gasteiger partial charge in [0.1, 0.15) is 35.4 Å². The number of rotatable bonds is 19. The van der Waals surface area contributed by atoms with E-state index in [1.807, 2.05) is 138 Å². The van der Waals surface area contributed by atoms with Crippen LogP contribution < -0.4 is 31.8 Å². The smallest absolute Gasteiger partial charge is 0.349 e. The summed E-state index contributed by atoms with van der Waals surface area (Å²) >= 11 is 20.7. The lowest BCUT2D eigenvalue weighted by molar-refractivity contribution is -0.129. The van der Waals surface area contributed by atoms with Gasteiger partial charge < -0.3 is 29.4 Å². The fourth-order valence-corrected chi connectivity index (χ4v) is 20.2. The summed E-state index contributed by atoms with van der Waals surface area (Å²) in [7, 11) is -5.10. The molecule has 0 bridgehead atoms. The number of piperazine rings is 3. The highest BCUT2D eigenvalue weighted by Crippen LogP contribution is 2.44. The van der Waals surface area contributed by atoms with Crippen LogP contribution in [0.3, 0.4) is 0 Å². The fourth-order valence-electron chi connectivity index (χ4n) is 18.0.